The van der Waals surface area contributed by atoms with E-state index < -0.39 is 0 Å². The van der Waals surface area contributed by atoms with Gasteiger partial charge in [0.2, 0.25) is 11.9 Å². The summed E-state index contributed by atoms with van der Waals surface area (Å²) in [5.41, 5.74) is 5.75. The Morgan fingerprint density at radius 2 is 2.00 bits per heavy atom. The Balaban J connectivity index is 2.17. The van der Waals surface area contributed by atoms with Gasteiger partial charge < -0.3 is 15.1 Å². The van der Waals surface area contributed by atoms with Gasteiger partial charge in [-0.2, -0.15) is 15.0 Å². The molecule has 0 aliphatic carbocycles. The molecular formula is C13H20N6O. The molecule has 2 aromatic heterocycles. The largest absolute Gasteiger partial charge is 0.468 e. The maximum Gasteiger partial charge on any atom is 0.229 e. The standard InChI is InChI=1S/C13H20N6O/c1-9(19(4)8-10-6-5-7-20-10)11-15-12(14)17-13(16-11)18(2)3/h5-7,9H,8H2,1-4H3,(H2,14,15,16,17). The van der Waals surface area contributed by atoms with Crippen LogP contribution >= 0.6 is 0 Å². The predicted molar refractivity (Wildman–Crippen MR) is 77.2 cm³/mol. The second-order valence-corrected chi connectivity index (χ2v) is 4.92. The van der Waals surface area contributed by atoms with Crippen LogP contribution in [0, 0.1) is 0 Å². The van der Waals surface area contributed by atoms with Crippen molar-refractivity contribution in [3.05, 3.63) is 30.0 Å². The lowest BCUT2D eigenvalue weighted by Crippen LogP contribution is -2.25. The number of anilines is 2. The molecule has 0 fully saturated rings. The van der Waals surface area contributed by atoms with E-state index in [1.165, 1.54) is 0 Å². The van der Waals surface area contributed by atoms with Crippen molar-refractivity contribution in [1.82, 2.24) is 19.9 Å². The normalized spacial score (nSPS) is 12.7. The van der Waals surface area contributed by atoms with Gasteiger partial charge in [0.1, 0.15) is 5.76 Å². The highest BCUT2D eigenvalue weighted by Gasteiger charge is 2.18. The first kappa shape index (κ1) is 14.3. The number of nitrogen functional groups attached to an aromatic ring is 1. The second kappa shape index (κ2) is 5.87. The average molecular weight is 276 g/mol. The van der Waals surface area contributed by atoms with E-state index in [9.17, 15) is 0 Å². The van der Waals surface area contributed by atoms with Crippen LogP contribution in [-0.4, -0.2) is 41.0 Å². The van der Waals surface area contributed by atoms with Gasteiger partial charge in [0.15, 0.2) is 5.82 Å². The van der Waals surface area contributed by atoms with Gasteiger partial charge in [-0.1, -0.05) is 0 Å². The fourth-order valence-corrected chi connectivity index (χ4v) is 1.77. The Labute approximate surface area is 118 Å². The van der Waals surface area contributed by atoms with E-state index in [0.29, 0.717) is 18.3 Å². The molecule has 7 nitrogen and oxygen atoms in total. The molecule has 0 aromatic carbocycles. The summed E-state index contributed by atoms with van der Waals surface area (Å²) in [5.74, 6) is 2.34. The highest BCUT2D eigenvalue weighted by atomic mass is 16.3. The van der Waals surface area contributed by atoms with Gasteiger partial charge >= 0.3 is 0 Å². The summed E-state index contributed by atoms with van der Waals surface area (Å²) < 4.78 is 5.35. The molecule has 0 amide bonds. The summed E-state index contributed by atoms with van der Waals surface area (Å²) in [5, 5.41) is 0. The highest BCUT2D eigenvalue weighted by molar-refractivity contribution is 5.33. The third-order valence-corrected chi connectivity index (χ3v) is 3.08. The molecule has 0 aliphatic heterocycles. The molecule has 7 heteroatoms. The first-order chi connectivity index (χ1) is 9.47. The zero-order valence-electron chi connectivity index (χ0n) is 12.2. The maximum absolute atomic E-state index is 5.75. The topological polar surface area (TPSA) is 84.3 Å². The number of nitrogens with zero attached hydrogens (tertiary/aromatic N) is 5. The Morgan fingerprint density at radius 1 is 1.25 bits per heavy atom. The van der Waals surface area contributed by atoms with Gasteiger partial charge in [-0.15, -0.1) is 0 Å². The van der Waals surface area contributed by atoms with E-state index in [0.717, 1.165) is 5.76 Å². The number of nitrogens with two attached hydrogens (primary N) is 1. The molecule has 108 valence electrons. The number of aromatic nitrogens is 3. The number of hydrogen-bond acceptors (Lipinski definition) is 7. The molecule has 0 spiro atoms. The third-order valence-electron chi connectivity index (χ3n) is 3.08. The molecule has 0 aliphatic rings. The zero-order valence-corrected chi connectivity index (χ0v) is 12.2. The van der Waals surface area contributed by atoms with E-state index in [4.69, 9.17) is 10.2 Å². The molecule has 2 aromatic rings. The molecule has 1 atom stereocenters. The van der Waals surface area contributed by atoms with Crippen LogP contribution in [0.2, 0.25) is 0 Å². The Morgan fingerprint density at radius 3 is 2.60 bits per heavy atom. The summed E-state index contributed by atoms with van der Waals surface area (Å²) in [6.07, 6.45) is 1.67. The molecule has 0 bridgehead atoms. The average Bonchev–Trinajstić information content (AvgIpc) is 2.89. The van der Waals surface area contributed by atoms with E-state index in [-0.39, 0.29) is 12.0 Å². The zero-order chi connectivity index (χ0) is 14.7. The molecule has 0 saturated heterocycles. The summed E-state index contributed by atoms with van der Waals surface area (Å²) in [6.45, 7) is 2.70. The van der Waals surface area contributed by atoms with Gasteiger partial charge in [-0.3, -0.25) is 4.90 Å². The van der Waals surface area contributed by atoms with Crippen molar-refractivity contribution >= 4 is 11.9 Å². The predicted octanol–water partition coefficient (Wildman–Crippen LogP) is 1.31. The Bertz CT molecular complexity index is 554. The smallest absolute Gasteiger partial charge is 0.229 e. The SMILES string of the molecule is CC(c1nc(N)nc(N(C)C)n1)N(C)Cc1ccco1. The first-order valence-electron chi connectivity index (χ1n) is 6.38. The van der Waals surface area contributed by atoms with Crippen LogP contribution in [0.4, 0.5) is 11.9 Å². The van der Waals surface area contributed by atoms with Crippen LogP contribution in [0.1, 0.15) is 24.6 Å². The quantitative estimate of drug-likeness (QED) is 0.881. The maximum atomic E-state index is 5.75. The van der Waals surface area contributed by atoms with E-state index in [1.54, 1.807) is 11.2 Å². The summed E-state index contributed by atoms with van der Waals surface area (Å²) in [6, 6.07) is 3.82. The fraction of sp³-hybridized carbons (Fsp3) is 0.462. The van der Waals surface area contributed by atoms with Gasteiger partial charge in [-0.25, -0.2) is 0 Å². The lowest BCUT2D eigenvalue weighted by Gasteiger charge is -2.23. The highest BCUT2D eigenvalue weighted by Crippen LogP contribution is 2.19. The van der Waals surface area contributed by atoms with Crippen LogP contribution in [0.25, 0.3) is 0 Å². The number of furan rings is 1. The number of hydrogen-bond donors (Lipinski definition) is 1. The van der Waals surface area contributed by atoms with E-state index in [2.05, 4.69) is 19.9 Å². The van der Waals surface area contributed by atoms with Crippen molar-refractivity contribution in [2.24, 2.45) is 0 Å². The van der Waals surface area contributed by atoms with Crippen LogP contribution in [0.3, 0.4) is 0 Å². The summed E-state index contributed by atoms with van der Waals surface area (Å²) in [7, 11) is 5.73. The minimum atomic E-state index is 0.00380. The summed E-state index contributed by atoms with van der Waals surface area (Å²) in [4.78, 5) is 16.6. The van der Waals surface area contributed by atoms with E-state index in [1.807, 2.05) is 40.2 Å². The Kier molecular flexibility index (Phi) is 4.19. The van der Waals surface area contributed by atoms with Crippen molar-refractivity contribution in [1.29, 1.82) is 0 Å². The number of rotatable bonds is 5. The minimum Gasteiger partial charge on any atom is -0.468 e. The van der Waals surface area contributed by atoms with Crippen molar-refractivity contribution in [3.8, 4) is 0 Å². The second-order valence-electron chi connectivity index (χ2n) is 4.92. The third kappa shape index (κ3) is 3.24. The molecule has 0 saturated carbocycles. The van der Waals surface area contributed by atoms with Crippen LogP contribution in [-0.2, 0) is 6.54 Å². The van der Waals surface area contributed by atoms with Crippen LogP contribution in [0.15, 0.2) is 22.8 Å². The fourth-order valence-electron chi connectivity index (χ4n) is 1.77. The first-order valence-corrected chi connectivity index (χ1v) is 6.38. The molecular weight excluding hydrogens is 256 g/mol. The van der Waals surface area contributed by atoms with Crippen LogP contribution < -0.4 is 10.6 Å². The van der Waals surface area contributed by atoms with Crippen molar-refractivity contribution in [3.63, 3.8) is 0 Å². The van der Waals surface area contributed by atoms with Gasteiger partial charge in [0, 0.05) is 14.1 Å². The van der Waals surface area contributed by atoms with Crippen molar-refractivity contribution in [2.75, 3.05) is 31.8 Å². The monoisotopic (exact) mass is 276 g/mol. The molecule has 2 N–H and O–H groups in total. The minimum absolute atomic E-state index is 0.00380. The molecule has 0 radical (unpaired) electrons. The van der Waals surface area contributed by atoms with Gasteiger partial charge in [-0.05, 0) is 26.1 Å². The van der Waals surface area contributed by atoms with Gasteiger partial charge in [0.05, 0.1) is 18.8 Å². The molecule has 2 heterocycles. The van der Waals surface area contributed by atoms with Crippen LogP contribution in [0.5, 0.6) is 0 Å². The lowest BCUT2D eigenvalue weighted by molar-refractivity contribution is 0.224. The van der Waals surface area contributed by atoms with Gasteiger partial charge in [0.25, 0.3) is 0 Å². The Hall–Kier alpha value is -2.15. The summed E-state index contributed by atoms with van der Waals surface area (Å²) >= 11 is 0. The van der Waals surface area contributed by atoms with E-state index >= 15 is 0 Å². The van der Waals surface area contributed by atoms with Crippen molar-refractivity contribution in [2.45, 2.75) is 19.5 Å². The molecule has 20 heavy (non-hydrogen) atoms. The molecule has 2 rings (SSSR count). The molecule has 1 unspecified atom stereocenters. The van der Waals surface area contributed by atoms with Crippen molar-refractivity contribution < 1.29 is 4.42 Å². The lowest BCUT2D eigenvalue weighted by atomic mass is 10.2.